The van der Waals surface area contributed by atoms with Crippen LogP contribution in [0.4, 0.5) is 0 Å². The Bertz CT molecular complexity index is 551. The third kappa shape index (κ3) is 2.38. The molecule has 1 aromatic carbocycles. The van der Waals surface area contributed by atoms with Crippen molar-refractivity contribution in [2.75, 3.05) is 12.8 Å². The molecule has 0 radical (unpaired) electrons. The summed E-state index contributed by atoms with van der Waals surface area (Å²) in [5.41, 5.74) is 0. The van der Waals surface area contributed by atoms with Gasteiger partial charge in [-0.1, -0.05) is 0 Å². The first kappa shape index (κ1) is 13.4. The highest BCUT2D eigenvalue weighted by atomic mass is 32.2. The van der Waals surface area contributed by atoms with E-state index in [9.17, 15) is 17.8 Å². The molecule has 0 aliphatic carbocycles. The molecule has 0 bridgehead atoms. The number of hydrogen-bond donors (Lipinski definition) is 0. The van der Waals surface area contributed by atoms with Crippen molar-refractivity contribution in [3.8, 4) is 0 Å². The summed E-state index contributed by atoms with van der Waals surface area (Å²) in [4.78, 5) is 12.1. The van der Waals surface area contributed by atoms with E-state index >= 15 is 0 Å². The van der Waals surface area contributed by atoms with E-state index in [4.69, 9.17) is 0 Å². The largest absolute Gasteiger partial charge is 0.612 e. The highest BCUT2D eigenvalue weighted by Gasteiger charge is 2.32. The van der Waals surface area contributed by atoms with E-state index in [1.54, 1.807) is 0 Å². The van der Waals surface area contributed by atoms with Gasteiger partial charge in [-0.3, -0.25) is 4.79 Å². The first-order valence-electron chi connectivity index (χ1n) is 5.42. The van der Waals surface area contributed by atoms with E-state index < -0.39 is 21.2 Å². The zero-order chi connectivity index (χ0) is 13.3. The molecule has 7 heteroatoms. The molecule has 1 aromatic rings. The van der Waals surface area contributed by atoms with Crippen molar-refractivity contribution in [2.45, 2.75) is 22.6 Å². The summed E-state index contributed by atoms with van der Waals surface area (Å²) >= 11 is -1.15. The van der Waals surface area contributed by atoms with Crippen molar-refractivity contribution in [1.82, 2.24) is 4.31 Å². The molecule has 98 valence electrons. The maximum atomic E-state index is 12.2. The maximum Gasteiger partial charge on any atom is 0.266 e. The lowest BCUT2D eigenvalue weighted by molar-refractivity contribution is -0.123. The lowest BCUT2D eigenvalue weighted by Gasteiger charge is -2.16. The molecular formula is C11H13NO4S2. The third-order valence-electron chi connectivity index (χ3n) is 2.77. The number of benzene rings is 1. The molecule has 0 aromatic heterocycles. The number of sulfonamides is 1. The van der Waals surface area contributed by atoms with Gasteiger partial charge in [-0.15, -0.1) is 0 Å². The number of hydrogen-bond acceptors (Lipinski definition) is 4. The molecule has 1 saturated heterocycles. The second-order valence-corrected chi connectivity index (χ2v) is 7.24. The van der Waals surface area contributed by atoms with Gasteiger partial charge in [0.1, 0.15) is 6.26 Å². The molecule has 1 amide bonds. The van der Waals surface area contributed by atoms with E-state index in [-0.39, 0.29) is 23.8 Å². The van der Waals surface area contributed by atoms with Crippen LogP contribution in [0.15, 0.2) is 34.1 Å². The quantitative estimate of drug-likeness (QED) is 0.768. The Balaban J connectivity index is 2.33. The Kier molecular flexibility index (Phi) is 3.65. The Labute approximate surface area is 109 Å². The van der Waals surface area contributed by atoms with Crippen molar-refractivity contribution in [3.63, 3.8) is 0 Å². The predicted molar refractivity (Wildman–Crippen MR) is 66.9 cm³/mol. The monoisotopic (exact) mass is 287 g/mol. The van der Waals surface area contributed by atoms with E-state index in [0.717, 1.165) is 4.31 Å². The molecule has 1 fully saturated rings. The fourth-order valence-electron chi connectivity index (χ4n) is 1.81. The van der Waals surface area contributed by atoms with E-state index in [0.29, 0.717) is 11.3 Å². The van der Waals surface area contributed by atoms with Gasteiger partial charge in [-0.2, -0.15) is 0 Å². The van der Waals surface area contributed by atoms with Crippen molar-refractivity contribution >= 4 is 27.1 Å². The number of carbonyl (C=O) groups excluding carboxylic acids is 1. The molecule has 0 N–H and O–H groups in total. The van der Waals surface area contributed by atoms with Gasteiger partial charge < -0.3 is 4.55 Å². The van der Waals surface area contributed by atoms with Gasteiger partial charge >= 0.3 is 0 Å². The normalized spacial score (nSPS) is 18.1. The molecule has 18 heavy (non-hydrogen) atoms. The molecule has 5 nitrogen and oxygen atoms in total. The number of rotatable bonds is 3. The van der Waals surface area contributed by atoms with Crippen LogP contribution in [0.25, 0.3) is 0 Å². The van der Waals surface area contributed by atoms with Crippen LogP contribution in [0.5, 0.6) is 0 Å². The summed E-state index contributed by atoms with van der Waals surface area (Å²) in [6.45, 7) is 0.239. The van der Waals surface area contributed by atoms with Gasteiger partial charge in [0.2, 0.25) is 5.91 Å². The third-order valence-corrected chi connectivity index (χ3v) is 5.54. The summed E-state index contributed by atoms with van der Waals surface area (Å²) in [6.07, 6.45) is 2.36. The topological polar surface area (TPSA) is 77.5 Å². The Morgan fingerprint density at radius 2 is 1.89 bits per heavy atom. The molecule has 1 heterocycles. The van der Waals surface area contributed by atoms with Crippen molar-refractivity contribution in [1.29, 1.82) is 0 Å². The van der Waals surface area contributed by atoms with Crippen LogP contribution in [-0.2, 0) is 26.0 Å². The minimum absolute atomic E-state index is 0.0620. The predicted octanol–water partition coefficient (Wildman–Crippen LogP) is 0.735. The van der Waals surface area contributed by atoms with Crippen molar-refractivity contribution in [3.05, 3.63) is 24.3 Å². The molecule has 0 spiro atoms. The Morgan fingerprint density at radius 1 is 1.28 bits per heavy atom. The smallest absolute Gasteiger partial charge is 0.266 e. The van der Waals surface area contributed by atoms with E-state index in [2.05, 4.69) is 0 Å². The zero-order valence-corrected chi connectivity index (χ0v) is 11.5. The van der Waals surface area contributed by atoms with E-state index in [1.165, 1.54) is 30.5 Å². The highest BCUT2D eigenvalue weighted by Crippen LogP contribution is 2.22. The van der Waals surface area contributed by atoms with Gasteiger partial charge in [-0.25, -0.2) is 12.7 Å². The lowest BCUT2D eigenvalue weighted by Crippen LogP contribution is -2.31. The van der Waals surface area contributed by atoms with Crippen LogP contribution in [0.1, 0.15) is 12.8 Å². The van der Waals surface area contributed by atoms with Gasteiger partial charge in [0, 0.05) is 13.0 Å². The second kappa shape index (κ2) is 4.91. The molecule has 1 unspecified atom stereocenters. The van der Waals surface area contributed by atoms with Crippen LogP contribution in [0.2, 0.25) is 0 Å². The summed E-state index contributed by atoms with van der Waals surface area (Å²) in [7, 11) is -3.75. The van der Waals surface area contributed by atoms with Crippen molar-refractivity contribution < 1.29 is 17.8 Å². The fraction of sp³-hybridized carbons (Fsp3) is 0.364. The average molecular weight is 287 g/mol. The highest BCUT2D eigenvalue weighted by molar-refractivity contribution is 7.90. The maximum absolute atomic E-state index is 12.2. The van der Waals surface area contributed by atoms with Crippen LogP contribution in [-0.4, -0.2) is 36.0 Å². The zero-order valence-electron chi connectivity index (χ0n) is 9.83. The lowest BCUT2D eigenvalue weighted by atomic mass is 10.4. The standard InChI is InChI=1S/C11H13NO4S2/c1-17(14)9-4-6-10(7-5-9)18(15,16)12-8-2-3-11(12)13/h4-7H,2-3,8H2,1H3. The summed E-state index contributed by atoms with van der Waals surface area (Å²) in [6, 6.07) is 5.78. The SMILES string of the molecule is C[S+]([O-])c1ccc(S(=O)(=O)N2CCCC2=O)cc1. The van der Waals surface area contributed by atoms with Gasteiger partial charge in [-0.05, 0) is 41.9 Å². The molecule has 0 saturated carbocycles. The van der Waals surface area contributed by atoms with Crippen LogP contribution in [0.3, 0.4) is 0 Å². The molecule has 1 atom stereocenters. The average Bonchev–Trinajstić information content (AvgIpc) is 2.76. The molecule has 2 rings (SSSR count). The minimum Gasteiger partial charge on any atom is -0.612 e. The van der Waals surface area contributed by atoms with Crippen LogP contribution >= 0.6 is 0 Å². The van der Waals surface area contributed by atoms with Crippen LogP contribution in [0, 0.1) is 0 Å². The molecular weight excluding hydrogens is 274 g/mol. The fourth-order valence-corrected chi connectivity index (χ4v) is 3.79. The molecule has 1 aliphatic heterocycles. The summed E-state index contributed by atoms with van der Waals surface area (Å²) in [5, 5.41) is 0. The Hall–Kier alpha value is -1.05. The minimum atomic E-state index is -3.75. The summed E-state index contributed by atoms with van der Waals surface area (Å²) in [5.74, 6) is -0.363. The number of amides is 1. The van der Waals surface area contributed by atoms with Crippen LogP contribution < -0.4 is 0 Å². The second-order valence-electron chi connectivity index (χ2n) is 4.00. The van der Waals surface area contributed by atoms with Crippen molar-refractivity contribution in [2.24, 2.45) is 0 Å². The van der Waals surface area contributed by atoms with Gasteiger partial charge in [0.15, 0.2) is 4.90 Å². The van der Waals surface area contributed by atoms with Gasteiger partial charge in [0.25, 0.3) is 10.0 Å². The Morgan fingerprint density at radius 3 is 2.33 bits per heavy atom. The summed E-state index contributed by atoms with van der Waals surface area (Å²) < 4.78 is 36.4. The first-order chi connectivity index (χ1) is 8.43. The van der Waals surface area contributed by atoms with Gasteiger partial charge in [0.05, 0.1) is 4.90 Å². The molecule has 1 aliphatic rings. The first-order valence-corrected chi connectivity index (χ1v) is 8.42. The number of carbonyl (C=O) groups is 1. The van der Waals surface area contributed by atoms with E-state index in [1.807, 2.05) is 0 Å². The number of nitrogens with zero attached hydrogens (tertiary/aromatic N) is 1.